The summed E-state index contributed by atoms with van der Waals surface area (Å²) in [4.78, 5) is 18.9. The molecule has 0 aliphatic rings. The monoisotopic (exact) mass is 294 g/mol. The van der Waals surface area contributed by atoms with Crippen molar-refractivity contribution in [1.29, 1.82) is 0 Å². The van der Waals surface area contributed by atoms with Gasteiger partial charge in [-0.25, -0.2) is 4.98 Å². The highest BCUT2D eigenvalue weighted by molar-refractivity contribution is 7.99. The van der Waals surface area contributed by atoms with E-state index in [0.717, 1.165) is 21.9 Å². The number of nitrogens with one attached hydrogen (secondary N) is 1. The van der Waals surface area contributed by atoms with Crippen LogP contribution >= 0.6 is 11.8 Å². The zero-order valence-corrected chi connectivity index (χ0v) is 12.5. The van der Waals surface area contributed by atoms with Crippen LogP contribution in [0.15, 0.2) is 23.4 Å². The van der Waals surface area contributed by atoms with E-state index in [1.165, 1.54) is 11.8 Å². The maximum absolute atomic E-state index is 11.2. The zero-order valence-electron chi connectivity index (χ0n) is 11.6. The minimum atomic E-state index is -0.172. The minimum Gasteiger partial charge on any atom is -0.494 e. The number of ether oxygens (including phenoxy) is 2. The SMILES string of the molecule is CCOC(=O)CCSc1nc2ccc(OCC)cc2[nH]1. The van der Waals surface area contributed by atoms with Crippen molar-refractivity contribution in [3.63, 3.8) is 0 Å². The molecule has 108 valence electrons. The number of thioether (sulfide) groups is 1. The van der Waals surface area contributed by atoms with E-state index in [2.05, 4.69) is 9.97 Å². The van der Waals surface area contributed by atoms with Crippen molar-refractivity contribution in [3.8, 4) is 5.75 Å². The van der Waals surface area contributed by atoms with E-state index in [1.54, 1.807) is 6.92 Å². The number of aromatic nitrogens is 2. The van der Waals surface area contributed by atoms with E-state index >= 15 is 0 Å². The maximum Gasteiger partial charge on any atom is 0.306 e. The molecule has 1 aromatic heterocycles. The Hall–Kier alpha value is -1.69. The number of hydrogen-bond acceptors (Lipinski definition) is 5. The molecule has 2 aromatic rings. The van der Waals surface area contributed by atoms with Crippen molar-refractivity contribution >= 4 is 28.8 Å². The number of carbonyl (C=O) groups is 1. The number of H-pyrrole nitrogens is 1. The van der Waals surface area contributed by atoms with Gasteiger partial charge in [0.15, 0.2) is 5.16 Å². The molecule has 1 aromatic carbocycles. The fraction of sp³-hybridized carbons (Fsp3) is 0.429. The maximum atomic E-state index is 11.2. The van der Waals surface area contributed by atoms with Gasteiger partial charge in [-0.15, -0.1) is 0 Å². The van der Waals surface area contributed by atoms with Crippen molar-refractivity contribution in [3.05, 3.63) is 18.2 Å². The number of fused-ring (bicyclic) bond motifs is 1. The molecule has 5 nitrogen and oxygen atoms in total. The molecule has 0 radical (unpaired) electrons. The predicted molar refractivity (Wildman–Crippen MR) is 79.2 cm³/mol. The Labute approximate surface area is 122 Å². The molecule has 0 fully saturated rings. The third kappa shape index (κ3) is 3.90. The van der Waals surface area contributed by atoms with E-state index in [9.17, 15) is 4.79 Å². The third-order valence-corrected chi connectivity index (χ3v) is 3.47. The fourth-order valence-corrected chi connectivity index (χ4v) is 2.56. The van der Waals surface area contributed by atoms with Gasteiger partial charge in [-0.05, 0) is 26.0 Å². The number of esters is 1. The number of aromatic amines is 1. The Balaban J connectivity index is 1.95. The largest absolute Gasteiger partial charge is 0.494 e. The number of nitrogens with zero attached hydrogens (tertiary/aromatic N) is 1. The van der Waals surface area contributed by atoms with Crippen LogP contribution < -0.4 is 4.74 Å². The Morgan fingerprint density at radius 1 is 1.35 bits per heavy atom. The summed E-state index contributed by atoms with van der Waals surface area (Å²) in [7, 11) is 0. The van der Waals surface area contributed by atoms with Crippen LogP contribution in [0.2, 0.25) is 0 Å². The Morgan fingerprint density at radius 3 is 2.95 bits per heavy atom. The Kier molecular flexibility index (Phi) is 5.29. The predicted octanol–water partition coefficient (Wildman–Crippen LogP) is 3.01. The summed E-state index contributed by atoms with van der Waals surface area (Å²) in [5, 5.41) is 0.804. The van der Waals surface area contributed by atoms with Gasteiger partial charge in [-0.3, -0.25) is 4.79 Å². The second-order valence-electron chi connectivity index (χ2n) is 4.06. The average Bonchev–Trinajstić information content (AvgIpc) is 2.81. The second-order valence-corrected chi connectivity index (χ2v) is 5.14. The summed E-state index contributed by atoms with van der Waals surface area (Å²) in [5.41, 5.74) is 1.83. The lowest BCUT2D eigenvalue weighted by atomic mass is 10.3. The highest BCUT2D eigenvalue weighted by Crippen LogP contribution is 2.23. The van der Waals surface area contributed by atoms with E-state index in [1.807, 2.05) is 25.1 Å². The Bertz CT molecular complexity index is 583. The molecule has 0 saturated heterocycles. The molecule has 0 spiro atoms. The van der Waals surface area contributed by atoms with Gasteiger partial charge in [0.25, 0.3) is 0 Å². The number of imidazole rings is 1. The molecule has 1 heterocycles. The first-order chi connectivity index (χ1) is 9.72. The lowest BCUT2D eigenvalue weighted by Crippen LogP contribution is -2.04. The van der Waals surface area contributed by atoms with Crippen LogP contribution in [0.3, 0.4) is 0 Å². The van der Waals surface area contributed by atoms with Gasteiger partial charge in [0.05, 0.1) is 30.7 Å². The summed E-state index contributed by atoms with van der Waals surface area (Å²) >= 11 is 1.51. The molecule has 1 N–H and O–H groups in total. The number of rotatable bonds is 7. The number of hydrogen-bond donors (Lipinski definition) is 1. The van der Waals surface area contributed by atoms with Gasteiger partial charge >= 0.3 is 5.97 Å². The molecular formula is C14H18N2O3S. The molecule has 2 rings (SSSR count). The van der Waals surface area contributed by atoms with Crippen LogP contribution in [0.1, 0.15) is 20.3 Å². The molecule has 0 unspecified atom stereocenters. The zero-order chi connectivity index (χ0) is 14.4. The average molecular weight is 294 g/mol. The van der Waals surface area contributed by atoms with Crippen LogP contribution in [-0.2, 0) is 9.53 Å². The first-order valence-corrected chi connectivity index (χ1v) is 7.62. The van der Waals surface area contributed by atoms with Crippen LogP contribution in [0.4, 0.5) is 0 Å². The third-order valence-electron chi connectivity index (χ3n) is 2.59. The second kappa shape index (κ2) is 7.19. The summed E-state index contributed by atoms with van der Waals surface area (Å²) in [6.07, 6.45) is 0.389. The quantitative estimate of drug-likeness (QED) is 0.628. The van der Waals surface area contributed by atoms with Gasteiger partial charge in [-0.2, -0.15) is 0 Å². The van der Waals surface area contributed by atoms with Crippen LogP contribution in [0, 0.1) is 0 Å². The summed E-state index contributed by atoms with van der Waals surface area (Å²) in [5.74, 6) is 1.30. The molecule has 0 amide bonds. The van der Waals surface area contributed by atoms with Crippen molar-refractivity contribution < 1.29 is 14.3 Å². The molecule has 20 heavy (non-hydrogen) atoms. The Morgan fingerprint density at radius 2 is 2.20 bits per heavy atom. The molecule has 0 aliphatic carbocycles. The smallest absolute Gasteiger partial charge is 0.306 e. The van der Waals surface area contributed by atoms with Crippen molar-refractivity contribution in [2.24, 2.45) is 0 Å². The van der Waals surface area contributed by atoms with Gasteiger partial charge in [0.2, 0.25) is 0 Å². The fourth-order valence-electron chi connectivity index (χ4n) is 1.75. The molecule has 6 heteroatoms. The standard InChI is InChI=1S/C14H18N2O3S/c1-3-18-10-5-6-11-12(9-10)16-14(15-11)20-8-7-13(17)19-4-2/h5-6,9H,3-4,7-8H2,1-2H3,(H,15,16). The van der Waals surface area contributed by atoms with Gasteiger partial charge in [0.1, 0.15) is 5.75 Å². The molecule has 0 bridgehead atoms. The van der Waals surface area contributed by atoms with Crippen LogP contribution in [0.25, 0.3) is 11.0 Å². The van der Waals surface area contributed by atoms with Crippen molar-refractivity contribution in [2.75, 3.05) is 19.0 Å². The lowest BCUT2D eigenvalue weighted by Gasteiger charge is -2.00. The summed E-state index contributed by atoms with van der Waals surface area (Å²) < 4.78 is 10.3. The molecule has 0 aliphatic heterocycles. The van der Waals surface area contributed by atoms with E-state index < -0.39 is 0 Å². The first-order valence-electron chi connectivity index (χ1n) is 6.64. The highest BCUT2D eigenvalue weighted by atomic mass is 32.2. The van der Waals surface area contributed by atoms with Crippen molar-refractivity contribution in [2.45, 2.75) is 25.4 Å². The topological polar surface area (TPSA) is 64.2 Å². The van der Waals surface area contributed by atoms with E-state index in [4.69, 9.17) is 9.47 Å². The number of benzene rings is 1. The van der Waals surface area contributed by atoms with Gasteiger partial charge in [0, 0.05) is 11.8 Å². The first kappa shape index (κ1) is 14.7. The van der Waals surface area contributed by atoms with E-state index in [-0.39, 0.29) is 5.97 Å². The minimum absolute atomic E-state index is 0.172. The van der Waals surface area contributed by atoms with Crippen molar-refractivity contribution in [1.82, 2.24) is 9.97 Å². The molecule has 0 saturated carbocycles. The summed E-state index contributed by atoms with van der Waals surface area (Å²) in [6.45, 7) is 4.82. The molecule has 0 atom stereocenters. The summed E-state index contributed by atoms with van der Waals surface area (Å²) in [6, 6.07) is 5.76. The highest BCUT2D eigenvalue weighted by Gasteiger charge is 2.07. The van der Waals surface area contributed by atoms with E-state index in [0.29, 0.717) is 25.4 Å². The normalized spacial score (nSPS) is 10.7. The molecular weight excluding hydrogens is 276 g/mol. The lowest BCUT2D eigenvalue weighted by molar-refractivity contribution is -0.142. The van der Waals surface area contributed by atoms with Crippen LogP contribution in [-0.4, -0.2) is 34.9 Å². The number of carbonyl (C=O) groups excluding carboxylic acids is 1. The van der Waals surface area contributed by atoms with Gasteiger partial charge in [-0.1, -0.05) is 11.8 Å². The van der Waals surface area contributed by atoms with Gasteiger partial charge < -0.3 is 14.5 Å². The van der Waals surface area contributed by atoms with Crippen LogP contribution in [0.5, 0.6) is 5.75 Å².